The number of nitrogens with one attached hydrogen (secondary N) is 1. The van der Waals surface area contributed by atoms with E-state index >= 15 is 0 Å². The largest absolute Gasteiger partial charge is 0.337 e. The minimum absolute atomic E-state index is 0.0291. The highest BCUT2D eigenvalue weighted by molar-refractivity contribution is 6.31. The van der Waals surface area contributed by atoms with Gasteiger partial charge < -0.3 is 10.2 Å². The van der Waals surface area contributed by atoms with Gasteiger partial charge in [-0.3, -0.25) is 9.48 Å². The average Bonchev–Trinajstić information content (AvgIpc) is 3.21. The topological polar surface area (TPSA) is 50.2 Å². The van der Waals surface area contributed by atoms with Crippen molar-refractivity contribution >= 4 is 17.5 Å². The molecule has 1 fully saturated rings. The lowest BCUT2D eigenvalue weighted by atomic mass is 9.98. The van der Waals surface area contributed by atoms with Crippen LogP contribution < -0.4 is 5.32 Å². The molecule has 0 radical (unpaired) electrons. The number of carbonyl (C=O) groups excluding carboxylic acids is 1. The number of amides is 1. The molecule has 3 heterocycles. The molecule has 1 atom stereocenters. The number of likely N-dealkylation sites (tertiary alicyclic amines) is 1. The van der Waals surface area contributed by atoms with E-state index in [1.165, 1.54) is 0 Å². The van der Waals surface area contributed by atoms with Gasteiger partial charge in [-0.2, -0.15) is 5.10 Å². The highest BCUT2D eigenvalue weighted by atomic mass is 35.5. The first kappa shape index (κ1) is 14.7. The van der Waals surface area contributed by atoms with Gasteiger partial charge in [-0.25, -0.2) is 0 Å². The third kappa shape index (κ3) is 2.75. The quantitative estimate of drug-likeness (QED) is 0.919. The maximum atomic E-state index is 12.7. The summed E-state index contributed by atoms with van der Waals surface area (Å²) in [5.74, 6) is 0.341. The Morgan fingerprint density at radius 1 is 1.30 bits per heavy atom. The van der Waals surface area contributed by atoms with Crippen LogP contribution in [-0.4, -0.2) is 40.2 Å². The Morgan fingerprint density at radius 3 is 3.00 bits per heavy atom. The Balaban J connectivity index is 1.50. The van der Waals surface area contributed by atoms with Gasteiger partial charge in [0.15, 0.2) is 5.69 Å². The summed E-state index contributed by atoms with van der Waals surface area (Å²) in [5.41, 5.74) is 2.78. The van der Waals surface area contributed by atoms with Crippen molar-refractivity contribution in [1.82, 2.24) is 20.0 Å². The van der Waals surface area contributed by atoms with E-state index in [0.717, 1.165) is 48.9 Å². The summed E-state index contributed by atoms with van der Waals surface area (Å²) in [4.78, 5) is 14.6. The van der Waals surface area contributed by atoms with E-state index in [1.54, 1.807) is 0 Å². The molecular weight excluding hydrogens is 312 g/mol. The molecule has 1 unspecified atom stereocenters. The lowest BCUT2D eigenvalue weighted by Crippen LogP contribution is -2.29. The molecule has 1 amide bonds. The maximum Gasteiger partial charge on any atom is 0.274 e. The van der Waals surface area contributed by atoms with Crippen LogP contribution in [0.2, 0.25) is 5.02 Å². The molecule has 120 valence electrons. The van der Waals surface area contributed by atoms with Crippen molar-refractivity contribution in [2.24, 2.45) is 0 Å². The fourth-order valence-electron chi connectivity index (χ4n) is 3.46. The van der Waals surface area contributed by atoms with E-state index in [0.29, 0.717) is 18.2 Å². The molecule has 0 spiro atoms. The Labute approximate surface area is 140 Å². The number of nitrogens with zero attached hydrogens (tertiary/aromatic N) is 3. The van der Waals surface area contributed by atoms with Gasteiger partial charge in [0.25, 0.3) is 5.91 Å². The second-order valence-electron chi connectivity index (χ2n) is 6.18. The Bertz CT molecular complexity index is 718. The Kier molecular flexibility index (Phi) is 3.83. The summed E-state index contributed by atoms with van der Waals surface area (Å²) < 4.78 is 1.94. The SMILES string of the molecule is O=C(c1cc2n(n1)CCNC2)N1CCC(c2ccccc2Cl)C1. The lowest BCUT2D eigenvalue weighted by molar-refractivity contribution is 0.0784. The van der Waals surface area contributed by atoms with Crippen molar-refractivity contribution in [3.8, 4) is 0 Å². The van der Waals surface area contributed by atoms with Crippen LogP contribution in [0.5, 0.6) is 0 Å². The molecule has 1 saturated heterocycles. The number of carbonyl (C=O) groups is 1. The number of benzene rings is 1. The highest BCUT2D eigenvalue weighted by Crippen LogP contribution is 2.32. The molecule has 4 rings (SSSR count). The van der Waals surface area contributed by atoms with E-state index in [2.05, 4.69) is 16.5 Å². The zero-order chi connectivity index (χ0) is 15.8. The minimum Gasteiger partial charge on any atom is -0.337 e. The van der Waals surface area contributed by atoms with Crippen molar-refractivity contribution in [3.63, 3.8) is 0 Å². The maximum absolute atomic E-state index is 12.7. The van der Waals surface area contributed by atoms with E-state index in [1.807, 2.05) is 33.8 Å². The summed E-state index contributed by atoms with van der Waals surface area (Å²) in [6.07, 6.45) is 0.949. The molecule has 5 nitrogen and oxygen atoms in total. The first-order valence-corrected chi connectivity index (χ1v) is 8.41. The molecule has 0 bridgehead atoms. The first-order valence-electron chi connectivity index (χ1n) is 8.03. The van der Waals surface area contributed by atoms with Crippen molar-refractivity contribution < 1.29 is 4.79 Å². The van der Waals surface area contributed by atoms with Gasteiger partial charge in [0, 0.05) is 37.1 Å². The monoisotopic (exact) mass is 330 g/mol. The zero-order valence-electron chi connectivity index (χ0n) is 12.8. The summed E-state index contributed by atoms with van der Waals surface area (Å²) in [5, 5.41) is 8.55. The molecule has 2 aromatic rings. The smallest absolute Gasteiger partial charge is 0.274 e. The summed E-state index contributed by atoms with van der Waals surface area (Å²) >= 11 is 6.29. The molecule has 0 aliphatic carbocycles. The van der Waals surface area contributed by atoms with Gasteiger partial charge in [-0.05, 0) is 24.1 Å². The van der Waals surface area contributed by atoms with Crippen molar-refractivity contribution in [1.29, 1.82) is 0 Å². The average molecular weight is 331 g/mol. The van der Waals surface area contributed by atoms with E-state index < -0.39 is 0 Å². The van der Waals surface area contributed by atoms with Crippen LogP contribution in [0.3, 0.4) is 0 Å². The van der Waals surface area contributed by atoms with Crippen LogP contribution >= 0.6 is 11.6 Å². The molecule has 0 saturated carbocycles. The fourth-order valence-corrected chi connectivity index (χ4v) is 3.75. The predicted molar refractivity (Wildman–Crippen MR) is 88.6 cm³/mol. The van der Waals surface area contributed by atoms with Gasteiger partial charge in [-0.15, -0.1) is 0 Å². The third-order valence-electron chi connectivity index (χ3n) is 4.71. The fraction of sp³-hybridized carbons (Fsp3) is 0.412. The Hall–Kier alpha value is -1.85. The van der Waals surface area contributed by atoms with Gasteiger partial charge in [-0.1, -0.05) is 29.8 Å². The number of hydrogen-bond acceptors (Lipinski definition) is 3. The van der Waals surface area contributed by atoms with E-state index in [4.69, 9.17) is 11.6 Å². The van der Waals surface area contributed by atoms with Gasteiger partial charge in [0.2, 0.25) is 0 Å². The lowest BCUT2D eigenvalue weighted by Gasteiger charge is -2.16. The number of halogens is 1. The number of aromatic nitrogens is 2. The summed E-state index contributed by atoms with van der Waals surface area (Å²) in [6, 6.07) is 9.83. The van der Waals surface area contributed by atoms with Crippen LogP contribution in [0, 0.1) is 0 Å². The number of rotatable bonds is 2. The van der Waals surface area contributed by atoms with Crippen LogP contribution in [-0.2, 0) is 13.1 Å². The molecule has 1 N–H and O–H groups in total. The summed E-state index contributed by atoms with van der Waals surface area (Å²) in [7, 11) is 0. The van der Waals surface area contributed by atoms with E-state index in [9.17, 15) is 4.79 Å². The van der Waals surface area contributed by atoms with Crippen LogP contribution in [0.15, 0.2) is 30.3 Å². The minimum atomic E-state index is 0.0291. The molecule has 2 aliphatic rings. The second kappa shape index (κ2) is 5.98. The number of fused-ring (bicyclic) bond motifs is 1. The standard InChI is InChI=1S/C17H19ClN4O/c18-15-4-2-1-3-14(15)12-5-7-21(11-12)17(23)16-9-13-10-19-6-8-22(13)20-16/h1-4,9,12,19H,5-8,10-11H2. The third-order valence-corrected chi connectivity index (χ3v) is 5.05. The Morgan fingerprint density at radius 2 is 2.17 bits per heavy atom. The second-order valence-corrected chi connectivity index (χ2v) is 6.59. The van der Waals surface area contributed by atoms with Crippen molar-refractivity contribution in [2.75, 3.05) is 19.6 Å². The van der Waals surface area contributed by atoms with E-state index in [-0.39, 0.29) is 5.91 Å². The molecular formula is C17H19ClN4O. The molecule has 6 heteroatoms. The molecule has 23 heavy (non-hydrogen) atoms. The van der Waals surface area contributed by atoms with Crippen LogP contribution in [0.4, 0.5) is 0 Å². The highest BCUT2D eigenvalue weighted by Gasteiger charge is 2.30. The molecule has 1 aromatic heterocycles. The van der Waals surface area contributed by atoms with Gasteiger partial charge in [0.1, 0.15) is 0 Å². The van der Waals surface area contributed by atoms with Crippen LogP contribution in [0.25, 0.3) is 0 Å². The van der Waals surface area contributed by atoms with Gasteiger partial charge >= 0.3 is 0 Å². The normalized spacial score (nSPS) is 20.6. The predicted octanol–water partition coefficient (Wildman–Crippen LogP) is 2.27. The first-order chi connectivity index (χ1) is 11.2. The van der Waals surface area contributed by atoms with Gasteiger partial charge in [0.05, 0.1) is 12.2 Å². The van der Waals surface area contributed by atoms with Crippen molar-refractivity contribution in [3.05, 3.63) is 52.3 Å². The molecule has 2 aliphatic heterocycles. The van der Waals surface area contributed by atoms with Crippen LogP contribution in [0.1, 0.15) is 34.1 Å². The van der Waals surface area contributed by atoms with Crippen molar-refractivity contribution in [2.45, 2.75) is 25.4 Å². The summed E-state index contributed by atoms with van der Waals surface area (Å²) in [6.45, 7) is 3.98. The molecule has 1 aromatic carbocycles. The zero-order valence-corrected chi connectivity index (χ0v) is 13.6. The number of hydrogen-bond donors (Lipinski definition) is 1.